The van der Waals surface area contributed by atoms with Gasteiger partial charge in [0.05, 0.1) is 23.4 Å². The highest BCUT2D eigenvalue weighted by atomic mass is 16.7. The SMILES string of the molecule is CC1(C)[C@H]2CC3OB(B4OC5C[C@@H]6C[C@@H](C6(C)C)[C@]5(C)O4)O[C@@]3(C)[C@@H]1C2. The summed E-state index contributed by atoms with van der Waals surface area (Å²) in [4.78, 5) is 0. The van der Waals surface area contributed by atoms with Gasteiger partial charge in [0.15, 0.2) is 0 Å². The van der Waals surface area contributed by atoms with E-state index in [-0.39, 0.29) is 37.4 Å². The summed E-state index contributed by atoms with van der Waals surface area (Å²) in [5, 5.41) is 0. The lowest BCUT2D eigenvalue weighted by Gasteiger charge is -2.64. The lowest BCUT2D eigenvalue weighted by Crippen LogP contribution is -2.65. The van der Waals surface area contributed by atoms with Crippen LogP contribution in [0.1, 0.15) is 67.2 Å². The van der Waals surface area contributed by atoms with Crippen molar-refractivity contribution in [2.75, 3.05) is 0 Å². The molecule has 6 heteroatoms. The Balaban J connectivity index is 1.24. The second-order valence-electron chi connectivity index (χ2n) is 11.7. The minimum Gasteiger partial charge on any atom is -0.407 e. The molecule has 0 amide bonds. The van der Waals surface area contributed by atoms with Crippen molar-refractivity contribution in [1.29, 1.82) is 0 Å². The summed E-state index contributed by atoms with van der Waals surface area (Å²) in [6, 6.07) is 0. The summed E-state index contributed by atoms with van der Waals surface area (Å²) in [6.07, 6.45) is 5.17. The van der Waals surface area contributed by atoms with E-state index in [2.05, 4.69) is 41.5 Å². The molecule has 2 saturated heterocycles. The molecule has 6 saturated carbocycles. The zero-order valence-electron chi connectivity index (χ0n) is 17.1. The van der Waals surface area contributed by atoms with Crippen LogP contribution in [0.2, 0.25) is 0 Å². The molecule has 2 heterocycles. The van der Waals surface area contributed by atoms with Crippen LogP contribution in [-0.4, -0.2) is 37.4 Å². The Morgan fingerprint density at radius 1 is 0.615 bits per heavy atom. The first kappa shape index (κ1) is 16.9. The molecule has 2 unspecified atom stereocenters. The van der Waals surface area contributed by atoms with Crippen LogP contribution in [0, 0.1) is 34.5 Å². The summed E-state index contributed by atoms with van der Waals surface area (Å²) < 4.78 is 26.1. The third-order valence-corrected chi connectivity index (χ3v) is 10.2. The van der Waals surface area contributed by atoms with Crippen LogP contribution in [0.4, 0.5) is 0 Å². The Bertz CT molecular complexity index is 612. The molecule has 8 aliphatic rings. The molecule has 4 bridgehead atoms. The van der Waals surface area contributed by atoms with Gasteiger partial charge in [-0.25, -0.2) is 0 Å². The monoisotopic (exact) mass is 358 g/mol. The van der Waals surface area contributed by atoms with Crippen LogP contribution >= 0.6 is 0 Å². The largest absolute Gasteiger partial charge is 0.488 e. The second kappa shape index (κ2) is 4.58. The number of hydrogen-bond donors (Lipinski definition) is 0. The maximum Gasteiger partial charge on any atom is 0.488 e. The van der Waals surface area contributed by atoms with Crippen molar-refractivity contribution >= 4 is 14.0 Å². The van der Waals surface area contributed by atoms with Crippen molar-refractivity contribution in [2.45, 2.75) is 90.6 Å². The summed E-state index contributed by atoms with van der Waals surface area (Å²) in [7, 11) is -0.745. The summed E-state index contributed by atoms with van der Waals surface area (Å²) >= 11 is 0. The average Bonchev–Trinajstić information content (AvgIpc) is 3.09. The predicted molar refractivity (Wildman–Crippen MR) is 100 cm³/mol. The molecule has 0 aromatic heterocycles. The smallest absolute Gasteiger partial charge is 0.407 e. The Morgan fingerprint density at radius 2 is 1.00 bits per heavy atom. The molecule has 6 aliphatic carbocycles. The molecule has 8 atom stereocenters. The average molecular weight is 358 g/mol. The molecule has 142 valence electrons. The lowest BCUT2D eigenvalue weighted by atomic mass is 9.43. The summed E-state index contributed by atoms with van der Waals surface area (Å²) in [5.41, 5.74) is 0.357. The zero-order chi connectivity index (χ0) is 18.3. The van der Waals surface area contributed by atoms with Crippen LogP contribution in [0.5, 0.6) is 0 Å². The van der Waals surface area contributed by atoms with Crippen molar-refractivity contribution in [2.24, 2.45) is 34.5 Å². The van der Waals surface area contributed by atoms with E-state index < -0.39 is 0 Å². The highest BCUT2D eigenvalue weighted by molar-refractivity contribution is 7.11. The van der Waals surface area contributed by atoms with Gasteiger partial charge in [0.25, 0.3) is 0 Å². The van der Waals surface area contributed by atoms with Gasteiger partial charge in [-0.15, -0.1) is 0 Å². The van der Waals surface area contributed by atoms with Gasteiger partial charge in [-0.1, -0.05) is 27.7 Å². The molecule has 0 radical (unpaired) electrons. The molecule has 4 nitrogen and oxygen atoms in total. The van der Waals surface area contributed by atoms with Crippen LogP contribution < -0.4 is 0 Å². The number of hydrogen-bond acceptors (Lipinski definition) is 4. The predicted octanol–water partition coefficient (Wildman–Crippen LogP) is 3.52. The van der Waals surface area contributed by atoms with Crippen LogP contribution in [-0.2, 0) is 18.6 Å². The molecule has 26 heavy (non-hydrogen) atoms. The van der Waals surface area contributed by atoms with Crippen LogP contribution in [0.25, 0.3) is 0 Å². The van der Waals surface area contributed by atoms with Gasteiger partial charge in [-0.2, -0.15) is 0 Å². The highest BCUT2D eigenvalue weighted by Gasteiger charge is 2.73. The zero-order valence-corrected chi connectivity index (χ0v) is 17.1. The summed E-state index contributed by atoms with van der Waals surface area (Å²) in [6.45, 7) is 14.1. The van der Waals surface area contributed by atoms with E-state index in [0.717, 1.165) is 24.7 Å². The highest BCUT2D eigenvalue weighted by Crippen LogP contribution is 2.67. The first-order chi connectivity index (χ1) is 12.1. The maximum absolute atomic E-state index is 6.60. The van der Waals surface area contributed by atoms with Gasteiger partial charge >= 0.3 is 14.0 Å². The van der Waals surface area contributed by atoms with Crippen molar-refractivity contribution in [3.05, 3.63) is 0 Å². The molecule has 8 fully saturated rings. The van der Waals surface area contributed by atoms with Crippen molar-refractivity contribution in [3.8, 4) is 0 Å². The van der Waals surface area contributed by atoms with Crippen LogP contribution in [0.15, 0.2) is 0 Å². The van der Waals surface area contributed by atoms with Gasteiger partial charge in [0.1, 0.15) is 0 Å². The normalized spacial score (nSPS) is 57.9. The lowest BCUT2D eigenvalue weighted by molar-refractivity contribution is -0.200. The Hall–Kier alpha value is -0.0301. The van der Waals surface area contributed by atoms with Gasteiger partial charge in [-0.05, 0) is 74.0 Å². The van der Waals surface area contributed by atoms with E-state index in [1.807, 2.05) is 0 Å². The first-order valence-corrected chi connectivity index (χ1v) is 10.7. The van der Waals surface area contributed by atoms with E-state index in [4.69, 9.17) is 18.6 Å². The molecular formula is C20H32B2O4. The second-order valence-corrected chi connectivity index (χ2v) is 11.7. The van der Waals surface area contributed by atoms with Crippen molar-refractivity contribution in [3.63, 3.8) is 0 Å². The Labute approximate surface area is 158 Å². The fourth-order valence-corrected chi connectivity index (χ4v) is 8.03. The third kappa shape index (κ3) is 1.71. The van der Waals surface area contributed by atoms with E-state index in [0.29, 0.717) is 22.7 Å². The topological polar surface area (TPSA) is 36.9 Å². The van der Waals surface area contributed by atoms with E-state index in [9.17, 15) is 0 Å². The van der Waals surface area contributed by atoms with Gasteiger partial charge < -0.3 is 18.6 Å². The molecular weight excluding hydrogens is 326 g/mol. The molecule has 8 rings (SSSR count). The molecule has 2 aliphatic heterocycles. The van der Waals surface area contributed by atoms with Crippen molar-refractivity contribution < 1.29 is 18.6 Å². The van der Waals surface area contributed by atoms with Crippen LogP contribution in [0.3, 0.4) is 0 Å². The van der Waals surface area contributed by atoms with E-state index in [1.54, 1.807) is 0 Å². The van der Waals surface area contributed by atoms with Gasteiger partial charge in [-0.3, -0.25) is 0 Å². The van der Waals surface area contributed by atoms with E-state index >= 15 is 0 Å². The number of rotatable bonds is 1. The fraction of sp³-hybridized carbons (Fsp3) is 1.00. The maximum atomic E-state index is 6.60. The molecule has 0 aromatic rings. The van der Waals surface area contributed by atoms with Crippen molar-refractivity contribution in [1.82, 2.24) is 0 Å². The fourth-order valence-electron chi connectivity index (χ4n) is 8.03. The third-order valence-electron chi connectivity index (χ3n) is 10.2. The van der Waals surface area contributed by atoms with Gasteiger partial charge in [0.2, 0.25) is 0 Å². The Morgan fingerprint density at radius 3 is 1.35 bits per heavy atom. The summed E-state index contributed by atoms with van der Waals surface area (Å²) in [5.74, 6) is 2.70. The minimum absolute atomic E-state index is 0.189. The quantitative estimate of drug-likeness (QED) is 0.673. The van der Waals surface area contributed by atoms with E-state index in [1.165, 1.54) is 12.8 Å². The molecule has 0 spiro atoms. The minimum atomic E-state index is -0.372. The molecule has 0 aromatic carbocycles. The standard InChI is InChI=1S/C20H32B2O4/c1-17(2)11-7-13(17)19(5)15(9-11)23-21(25-19)22-24-16-10-12-8-14(18(12,3)4)20(16,6)26-22/h11-16H,7-10H2,1-6H3/t11-,12+,13-,14+,15?,16?,19-,20-/m0/s1. The van der Waals surface area contributed by atoms with Gasteiger partial charge in [0, 0.05) is 0 Å². The first-order valence-electron chi connectivity index (χ1n) is 10.7. The Kier molecular flexibility index (Phi) is 2.97. The molecule has 0 N–H and O–H groups in total.